The quantitative estimate of drug-likeness (QED) is 0.531. The Morgan fingerprint density at radius 1 is 1.03 bits per heavy atom. The van der Waals surface area contributed by atoms with Gasteiger partial charge in [-0.2, -0.15) is 0 Å². The van der Waals surface area contributed by atoms with Crippen molar-refractivity contribution >= 4 is 28.3 Å². The Labute approximate surface area is 177 Å². The number of benzene rings is 2. The summed E-state index contributed by atoms with van der Waals surface area (Å²) >= 11 is 0. The third kappa shape index (κ3) is 4.19. The molecule has 7 nitrogen and oxygen atoms in total. The lowest BCUT2D eigenvalue weighted by Crippen LogP contribution is -2.47. The minimum atomic E-state index is -0.201. The van der Waals surface area contributed by atoms with Gasteiger partial charge in [0.15, 0.2) is 0 Å². The van der Waals surface area contributed by atoms with Crippen LogP contribution < -0.4 is 5.32 Å². The number of anilines is 1. The van der Waals surface area contributed by atoms with E-state index in [1.165, 1.54) is 4.90 Å². The van der Waals surface area contributed by atoms with Crippen LogP contribution in [0.25, 0.3) is 10.8 Å². The summed E-state index contributed by atoms with van der Waals surface area (Å²) in [5.74, 6) is -0.399. The molecule has 1 saturated heterocycles. The average molecular weight is 411 g/mol. The number of hydrogen-bond donors (Lipinski definition) is 1. The molecule has 2 aromatic carbocycles. The molecule has 0 aromatic heterocycles. The van der Waals surface area contributed by atoms with Crippen molar-refractivity contribution in [2.75, 3.05) is 71.9 Å². The highest BCUT2D eigenvalue weighted by atomic mass is 16.5. The first-order valence-corrected chi connectivity index (χ1v) is 10.7. The number of rotatable bonds is 8. The summed E-state index contributed by atoms with van der Waals surface area (Å²) in [6.45, 7) is 5.87. The number of amides is 2. The molecule has 4 rings (SSSR count). The summed E-state index contributed by atoms with van der Waals surface area (Å²) in [5, 5.41) is 5.13. The Morgan fingerprint density at radius 3 is 2.60 bits per heavy atom. The van der Waals surface area contributed by atoms with Crippen molar-refractivity contribution in [3.05, 3.63) is 41.5 Å². The van der Waals surface area contributed by atoms with Crippen LogP contribution in [0.15, 0.2) is 30.3 Å². The van der Waals surface area contributed by atoms with E-state index in [2.05, 4.69) is 15.1 Å². The number of nitrogens with zero attached hydrogens (tertiary/aromatic N) is 3. The van der Waals surface area contributed by atoms with Crippen LogP contribution in [-0.4, -0.2) is 93.1 Å². The van der Waals surface area contributed by atoms with Crippen LogP contribution >= 0.6 is 0 Å². The number of nitrogens with one attached hydrogen (secondary N) is 1. The second-order valence-electron chi connectivity index (χ2n) is 8.19. The number of carbonyl (C=O) groups excluding carboxylic acids is 2. The van der Waals surface area contributed by atoms with Gasteiger partial charge in [-0.3, -0.25) is 19.4 Å². The predicted molar refractivity (Wildman–Crippen MR) is 118 cm³/mol. The molecule has 0 radical (unpaired) electrons. The predicted octanol–water partition coefficient (Wildman–Crippen LogP) is 2.13. The maximum Gasteiger partial charge on any atom is 0.263 e. The monoisotopic (exact) mass is 410 g/mol. The fraction of sp³-hybridized carbons (Fsp3) is 0.478. The van der Waals surface area contributed by atoms with Crippen LogP contribution in [0.1, 0.15) is 27.1 Å². The summed E-state index contributed by atoms with van der Waals surface area (Å²) < 4.78 is 5.40. The first kappa shape index (κ1) is 20.8. The number of ether oxygens (including phenoxy) is 1. The van der Waals surface area contributed by atoms with Gasteiger partial charge in [-0.05, 0) is 44.6 Å². The average Bonchev–Trinajstić information content (AvgIpc) is 2.75. The molecule has 2 aliphatic heterocycles. The Bertz CT molecular complexity index is 937. The van der Waals surface area contributed by atoms with Crippen LogP contribution in [0, 0.1) is 0 Å². The molecule has 30 heavy (non-hydrogen) atoms. The van der Waals surface area contributed by atoms with Crippen LogP contribution in [0.2, 0.25) is 0 Å². The molecule has 0 bridgehead atoms. The molecule has 2 heterocycles. The van der Waals surface area contributed by atoms with Crippen molar-refractivity contribution in [1.29, 1.82) is 0 Å². The van der Waals surface area contributed by atoms with Crippen LogP contribution in [0.4, 0.5) is 5.69 Å². The molecule has 2 aromatic rings. The van der Waals surface area contributed by atoms with Crippen molar-refractivity contribution in [3.63, 3.8) is 0 Å². The van der Waals surface area contributed by atoms with Gasteiger partial charge in [0.05, 0.1) is 18.8 Å². The van der Waals surface area contributed by atoms with Crippen LogP contribution in [0.5, 0.6) is 0 Å². The Balaban J connectivity index is 1.60. The minimum Gasteiger partial charge on any atom is -0.384 e. The summed E-state index contributed by atoms with van der Waals surface area (Å²) in [5.41, 5.74) is 2.04. The van der Waals surface area contributed by atoms with Gasteiger partial charge in [0.25, 0.3) is 11.8 Å². The summed E-state index contributed by atoms with van der Waals surface area (Å²) in [7, 11) is 4.10. The van der Waals surface area contributed by atoms with Gasteiger partial charge in [-0.15, -0.1) is 0 Å². The normalized spacial score (nSPS) is 17.2. The molecule has 1 fully saturated rings. The number of imide groups is 1. The SMILES string of the molecule is CN(C)CCCNc1ccc2cccc3c2c1C(=O)N(CCN1CCOCC1)C3=O. The molecule has 7 heteroatoms. The fourth-order valence-electron chi connectivity index (χ4n) is 4.19. The van der Waals surface area contributed by atoms with E-state index < -0.39 is 0 Å². The zero-order valence-corrected chi connectivity index (χ0v) is 17.8. The third-order valence-electron chi connectivity index (χ3n) is 5.82. The van der Waals surface area contributed by atoms with E-state index in [1.807, 2.05) is 44.4 Å². The van der Waals surface area contributed by atoms with E-state index in [-0.39, 0.29) is 11.8 Å². The highest BCUT2D eigenvalue weighted by molar-refractivity contribution is 6.27. The zero-order chi connectivity index (χ0) is 21.1. The van der Waals surface area contributed by atoms with Crippen LogP contribution in [-0.2, 0) is 4.74 Å². The lowest BCUT2D eigenvalue weighted by molar-refractivity contribution is 0.0316. The fourth-order valence-corrected chi connectivity index (χ4v) is 4.19. The smallest absolute Gasteiger partial charge is 0.263 e. The van der Waals surface area contributed by atoms with E-state index in [0.29, 0.717) is 37.4 Å². The second kappa shape index (κ2) is 9.12. The molecule has 2 amide bonds. The number of carbonyl (C=O) groups is 2. The van der Waals surface area contributed by atoms with E-state index in [9.17, 15) is 9.59 Å². The Morgan fingerprint density at radius 2 is 1.83 bits per heavy atom. The molecule has 0 aliphatic carbocycles. The molecule has 0 saturated carbocycles. The van der Waals surface area contributed by atoms with Crippen molar-refractivity contribution in [3.8, 4) is 0 Å². The summed E-state index contributed by atoms with van der Waals surface area (Å²) in [6.07, 6.45) is 0.972. The van der Waals surface area contributed by atoms with Gasteiger partial charge in [0.1, 0.15) is 0 Å². The lowest BCUT2D eigenvalue weighted by Gasteiger charge is -2.32. The second-order valence-corrected chi connectivity index (χ2v) is 8.19. The van der Waals surface area contributed by atoms with Crippen molar-refractivity contribution in [1.82, 2.24) is 14.7 Å². The standard InChI is InChI=1S/C23H30N4O3/c1-25(2)10-4-9-24-19-8-7-17-5-3-6-18-20(17)21(19)23(29)27(22(18)28)12-11-26-13-15-30-16-14-26/h3,5-8,24H,4,9-16H2,1-2H3. The molecule has 2 aliphatic rings. The topological polar surface area (TPSA) is 65.1 Å². The first-order chi connectivity index (χ1) is 14.6. The first-order valence-electron chi connectivity index (χ1n) is 10.7. The van der Waals surface area contributed by atoms with Crippen molar-refractivity contribution < 1.29 is 14.3 Å². The van der Waals surface area contributed by atoms with Crippen molar-refractivity contribution in [2.24, 2.45) is 0 Å². The van der Waals surface area contributed by atoms with Gasteiger partial charge in [-0.25, -0.2) is 0 Å². The highest BCUT2D eigenvalue weighted by Gasteiger charge is 2.34. The van der Waals surface area contributed by atoms with E-state index >= 15 is 0 Å². The van der Waals surface area contributed by atoms with Gasteiger partial charge in [-0.1, -0.05) is 18.2 Å². The Kier molecular flexibility index (Phi) is 6.32. The van der Waals surface area contributed by atoms with Gasteiger partial charge >= 0.3 is 0 Å². The van der Waals surface area contributed by atoms with Crippen LogP contribution in [0.3, 0.4) is 0 Å². The number of morpholine rings is 1. The van der Waals surface area contributed by atoms with Gasteiger partial charge < -0.3 is 15.0 Å². The van der Waals surface area contributed by atoms with Gasteiger partial charge in [0.2, 0.25) is 0 Å². The van der Waals surface area contributed by atoms with E-state index in [4.69, 9.17) is 4.74 Å². The Hall–Kier alpha value is -2.48. The third-order valence-corrected chi connectivity index (χ3v) is 5.82. The molecule has 160 valence electrons. The maximum atomic E-state index is 13.5. The van der Waals surface area contributed by atoms with Crippen molar-refractivity contribution in [2.45, 2.75) is 6.42 Å². The molecule has 0 spiro atoms. The lowest BCUT2D eigenvalue weighted by atomic mass is 9.92. The molecule has 0 atom stereocenters. The summed E-state index contributed by atoms with van der Waals surface area (Å²) in [4.78, 5) is 32.4. The zero-order valence-electron chi connectivity index (χ0n) is 17.8. The minimum absolute atomic E-state index is 0.198. The summed E-state index contributed by atoms with van der Waals surface area (Å²) in [6, 6.07) is 9.63. The molecular formula is C23H30N4O3. The highest BCUT2D eigenvalue weighted by Crippen LogP contribution is 2.34. The van der Waals surface area contributed by atoms with E-state index in [1.54, 1.807) is 0 Å². The molecular weight excluding hydrogens is 380 g/mol. The van der Waals surface area contributed by atoms with Gasteiger partial charge in [0, 0.05) is 49.4 Å². The molecule has 1 N–H and O–H groups in total. The van der Waals surface area contributed by atoms with E-state index in [0.717, 1.165) is 49.1 Å². The largest absolute Gasteiger partial charge is 0.384 e. The maximum absolute atomic E-state index is 13.5. The molecule has 0 unspecified atom stereocenters. The number of hydrogen-bond acceptors (Lipinski definition) is 6.